The second-order valence-corrected chi connectivity index (χ2v) is 5.99. The Morgan fingerprint density at radius 1 is 1.33 bits per heavy atom. The standard InChI is InChI=1S/C14H24Cl2N4.HI/c1-10(2)6-5-7-18-14(17-3)19-9-11-8-12(15)13(16)20(11)4;/h8,10H,5-7,9H2,1-4H3,(H2,17,18,19);1H. The fourth-order valence-electron chi connectivity index (χ4n) is 1.87. The number of aliphatic imine (C=N–C) groups is 1. The van der Waals surface area contributed by atoms with Crippen LogP contribution in [0.1, 0.15) is 32.4 Å². The first-order valence-corrected chi connectivity index (χ1v) is 7.65. The number of rotatable bonds is 6. The second kappa shape index (κ2) is 10.6. The molecule has 122 valence electrons. The van der Waals surface area contributed by atoms with Crippen LogP contribution >= 0.6 is 47.2 Å². The number of halogens is 3. The normalized spacial score (nSPS) is 11.5. The van der Waals surface area contributed by atoms with Gasteiger partial charge < -0.3 is 15.2 Å². The monoisotopic (exact) mass is 446 g/mol. The molecule has 0 saturated carbocycles. The first-order chi connectivity index (χ1) is 9.45. The minimum Gasteiger partial charge on any atom is -0.356 e. The zero-order valence-corrected chi connectivity index (χ0v) is 16.9. The average molecular weight is 447 g/mol. The summed E-state index contributed by atoms with van der Waals surface area (Å²) in [6.07, 6.45) is 2.35. The SMILES string of the molecule is CN=C(NCCCC(C)C)NCc1cc(Cl)c(Cl)n1C.I. The molecule has 0 amide bonds. The van der Waals surface area contributed by atoms with Gasteiger partial charge in [-0.2, -0.15) is 0 Å². The van der Waals surface area contributed by atoms with E-state index in [0.29, 0.717) is 16.7 Å². The number of aromatic nitrogens is 1. The van der Waals surface area contributed by atoms with Gasteiger partial charge in [0, 0.05) is 26.3 Å². The lowest BCUT2D eigenvalue weighted by atomic mass is 10.1. The smallest absolute Gasteiger partial charge is 0.191 e. The van der Waals surface area contributed by atoms with Gasteiger partial charge >= 0.3 is 0 Å². The Balaban J connectivity index is 0.00000400. The van der Waals surface area contributed by atoms with Gasteiger partial charge in [-0.15, -0.1) is 24.0 Å². The van der Waals surface area contributed by atoms with Crippen LogP contribution in [0.25, 0.3) is 0 Å². The average Bonchev–Trinajstić information content (AvgIpc) is 2.65. The summed E-state index contributed by atoms with van der Waals surface area (Å²) >= 11 is 12.0. The lowest BCUT2D eigenvalue weighted by molar-refractivity contribution is 0.549. The Hall–Kier alpha value is -0.140. The number of nitrogens with zero attached hydrogens (tertiary/aromatic N) is 2. The first-order valence-electron chi connectivity index (χ1n) is 6.89. The van der Waals surface area contributed by atoms with E-state index >= 15 is 0 Å². The van der Waals surface area contributed by atoms with Crippen LogP contribution in [0.2, 0.25) is 10.2 Å². The molecule has 0 aliphatic heterocycles. The van der Waals surface area contributed by atoms with Crippen molar-refractivity contribution in [3.05, 3.63) is 21.9 Å². The van der Waals surface area contributed by atoms with Gasteiger partial charge in [0.25, 0.3) is 0 Å². The van der Waals surface area contributed by atoms with Gasteiger partial charge in [-0.05, 0) is 24.8 Å². The van der Waals surface area contributed by atoms with E-state index in [1.54, 1.807) is 7.05 Å². The summed E-state index contributed by atoms with van der Waals surface area (Å²) in [6.45, 7) is 6.02. The van der Waals surface area contributed by atoms with Crippen molar-refractivity contribution < 1.29 is 0 Å². The van der Waals surface area contributed by atoms with Crippen molar-refractivity contribution >= 4 is 53.1 Å². The van der Waals surface area contributed by atoms with Crippen LogP contribution in [0.4, 0.5) is 0 Å². The predicted molar refractivity (Wildman–Crippen MR) is 103 cm³/mol. The molecule has 0 aromatic carbocycles. The molecule has 0 unspecified atom stereocenters. The van der Waals surface area contributed by atoms with Crippen molar-refractivity contribution in [3.63, 3.8) is 0 Å². The van der Waals surface area contributed by atoms with Gasteiger partial charge in [0.15, 0.2) is 5.96 Å². The molecule has 4 nitrogen and oxygen atoms in total. The zero-order chi connectivity index (χ0) is 15.1. The molecule has 0 saturated heterocycles. The fraction of sp³-hybridized carbons (Fsp3) is 0.643. The van der Waals surface area contributed by atoms with E-state index < -0.39 is 0 Å². The van der Waals surface area contributed by atoms with Gasteiger partial charge in [0.05, 0.1) is 11.6 Å². The summed E-state index contributed by atoms with van der Waals surface area (Å²) in [4.78, 5) is 4.20. The van der Waals surface area contributed by atoms with Crippen molar-refractivity contribution in [2.24, 2.45) is 18.0 Å². The molecule has 0 radical (unpaired) electrons. The van der Waals surface area contributed by atoms with Crippen LogP contribution < -0.4 is 10.6 Å². The minimum absolute atomic E-state index is 0. The van der Waals surface area contributed by atoms with Crippen molar-refractivity contribution in [1.29, 1.82) is 0 Å². The van der Waals surface area contributed by atoms with Crippen molar-refractivity contribution in [2.75, 3.05) is 13.6 Å². The molecule has 1 aromatic heterocycles. The zero-order valence-electron chi connectivity index (χ0n) is 13.0. The van der Waals surface area contributed by atoms with Gasteiger partial charge in [-0.25, -0.2) is 0 Å². The Morgan fingerprint density at radius 2 is 2.00 bits per heavy atom. The topological polar surface area (TPSA) is 41.4 Å². The molecule has 21 heavy (non-hydrogen) atoms. The number of guanidine groups is 1. The van der Waals surface area contributed by atoms with Crippen LogP contribution in [0.3, 0.4) is 0 Å². The molecule has 7 heteroatoms. The lowest BCUT2D eigenvalue weighted by Gasteiger charge is -2.13. The second-order valence-electron chi connectivity index (χ2n) is 5.22. The van der Waals surface area contributed by atoms with Crippen LogP contribution in [0.5, 0.6) is 0 Å². The maximum Gasteiger partial charge on any atom is 0.191 e. The van der Waals surface area contributed by atoms with E-state index in [1.807, 2.05) is 17.7 Å². The third-order valence-electron chi connectivity index (χ3n) is 3.13. The fourth-order valence-corrected chi connectivity index (χ4v) is 2.29. The Bertz CT molecular complexity index is 458. The minimum atomic E-state index is 0. The number of hydrogen-bond donors (Lipinski definition) is 2. The number of nitrogens with one attached hydrogen (secondary N) is 2. The molecule has 0 aliphatic rings. The summed E-state index contributed by atoms with van der Waals surface area (Å²) in [5.41, 5.74) is 1.02. The molecule has 0 bridgehead atoms. The highest BCUT2D eigenvalue weighted by molar-refractivity contribution is 14.0. The highest BCUT2D eigenvalue weighted by atomic mass is 127. The molecule has 0 aliphatic carbocycles. The van der Waals surface area contributed by atoms with E-state index in [1.165, 1.54) is 6.42 Å². The summed E-state index contributed by atoms with van der Waals surface area (Å²) in [5, 5.41) is 7.69. The third-order valence-corrected chi connectivity index (χ3v) is 3.97. The third kappa shape index (κ3) is 7.10. The molecule has 1 heterocycles. The van der Waals surface area contributed by atoms with Crippen LogP contribution in [-0.4, -0.2) is 24.1 Å². The molecule has 0 fully saturated rings. The molecular formula is C14H25Cl2IN4. The maximum atomic E-state index is 6.04. The van der Waals surface area contributed by atoms with Gasteiger partial charge in [-0.1, -0.05) is 37.0 Å². The number of hydrogen-bond acceptors (Lipinski definition) is 1. The molecular weight excluding hydrogens is 422 g/mol. The maximum absolute atomic E-state index is 6.04. The van der Waals surface area contributed by atoms with Gasteiger partial charge in [-0.3, -0.25) is 4.99 Å². The quantitative estimate of drug-likeness (QED) is 0.299. The molecule has 1 rings (SSSR count). The van der Waals surface area contributed by atoms with Crippen LogP contribution in [-0.2, 0) is 13.6 Å². The lowest BCUT2D eigenvalue weighted by Crippen LogP contribution is -2.37. The summed E-state index contributed by atoms with van der Waals surface area (Å²) in [7, 11) is 3.66. The molecule has 0 atom stereocenters. The predicted octanol–water partition coefficient (Wildman–Crippen LogP) is 4.05. The Morgan fingerprint density at radius 3 is 2.48 bits per heavy atom. The van der Waals surface area contributed by atoms with Crippen molar-refractivity contribution in [2.45, 2.75) is 33.2 Å². The van der Waals surface area contributed by atoms with Crippen molar-refractivity contribution in [1.82, 2.24) is 15.2 Å². The molecule has 0 spiro atoms. The van der Waals surface area contributed by atoms with Crippen LogP contribution in [0, 0.1) is 5.92 Å². The molecule has 1 aromatic rings. The first kappa shape index (κ1) is 20.9. The Labute approximate surface area is 154 Å². The molecule has 2 N–H and O–H groups in total. The summed E-state index contributed by atoms with van der Waals surface area (Å²) in [6, 6.07) is 1.86. The van der Waals surface area contributed by atoms with E-state index in [-0.39, 0.29) is 24.0 Å². The summed E-state index contributed by atoms with van der Waals surface area (Å²) < 4.78 is 1.86. The van der Waals surface area contributed by atoms with E-state index in [9.17, 15) is 0 Å². The highest BCUT2D eigenvalue weighted by Crippen LogP contribution is 2.24. The van der Waals surface area contributed by atoms with Crippen molar-refractivity contribution in [3.8, 4) is 0 Å². The van der Waals surface area contributed by atoms with E-state index in [2.05, 4.69) is 29.5 Å². The largest absolute Gasteiger partial charge is 0.356 e. The van der Waals surface area contributed by atoms with E-state index in [4.69, 9.17) is 23.2 Å². The van der Waals surface area contributed by atoms with Gasteiger partial charge in [0.2, 0.25) is 0 Å². The van der Waals surface area contributed by atoms with E-state index in [0.717, 1.165) is 30.5 Å². The van der Waals surface area contributed by atoms with Crippen LogP contribution in [0.15, 0.2) is 11.1 Å². The highest BCUT2D eigenvalue weighted by Gasteiger charge is 2.09. The van der Waals surface area contributed by atoms with Gasteiger partial charge in [0.1, 0.15) is 5.15 Å². The Kier molecular flexibility index (Phi) is 10.5. The summed E-state index contributed by atoms with van der Waals surface area (Å²) in [5.74, 6) is 1.53.